The van der Waals surface area contributed by atoms with Gasteiger partial charge in [0.15, 0.2) is 17.5 Å². The summed E-state index contributed by atoms with van der Waals surface area (Å²) in [5, 5.41) is 16.8. The Balaban J connectivity index is 1.61. The first-order valence-corrected chi connectivity index (χ1v) is 10.5. The zero-order valence-corrected chi connectivity index (χ0v) is 17.9. The molecule has 10 heteroatoms. The lowest BCUT2D eigenvalue weighted by Gasteiger charge is -2.18. The van der Waals surface area contributed by atoms with Crippen molar-refractivity contribution in [2.75, 3.05) is 10.7 Å². The minimum atomic E-state index is -0.433. The molecule has 0 saturated carbocycles. The molecule has 0 unspecified atom stereocenters. The van der Waals surface area contributed by atoms with Crippen LogP contribution in [0.5, 0.6) is 0 Å². The molecule has 0 spiro atoms. The first-order chi connectivity index (χ1) is 15.0. The molecule has 3 aromatic rings. The second-order valence-corrected chi connectivity index (χ2v) is 7.84. The summed E-state index contributed by atoms with van der Waals surface area (Å²) in [6.07, 6.45) is 3.15. The summed E-state index contributed by atoms with van der Waals surface area (Å²) in [5.41, 5.74) is 1.66. The van der Waals surface area contributed by atoms with Gasteiger partial charge in [0, 0.05) is 10.8 Å². The van der Waals surface area contributed by atoms with Gasteiger partial charge in [-0.3, -0.25) is 14.2 Å². The number of amidine groups is 1. The van der Waals surface area contributed by atoms with E-state index in [0.29, 0.717) is 15.9 Å². The Labute approximate surface area is 187 Å². The van der Waals surface area contributed by atoms with Gasteiger partial charge in [0.25, 0.3) is 12.1 Å². The van der Waals surface area contributed by atoms with Gasteiger partial charge < -0.3 is 5.11 Å². The summed E-state index contributed by atoms with van der Waals surface area (Å²) in [7, 11) is 1.66. The van der Waals surface area contributed by atoms with E-state index in [2.05, 4.69) is 15.3 Å². The van der Waals surface area contributed by atoms with Gasteiger partial charge in [0.2, 0.25) is 0 Å². The fraction of sp³-hybridized carbons (Fsp3) is 0.0952. The van der Waals surface area contributed by atoms with Gasteiger partial charge in [-0.15, -0.1) is 0 Å². The summed E-state index contributed by atoms with van der Waals surface area (Å²) in [5.74, 6) is -0.638. The highest BCUT2D eigenvalue weighted by molar-refractivity contribution is 8.14. The zero-order valence-electron chi connectivity index (χ0n) is 16.3. The van der Waals surface area contributed by atoms with Gasteiger partial charge in [-0.25, -0.2) is 9.98 Å². The predicted octanol–water partition coefficient (Wildman–Crippen LogP) is 2.72. The number of benzene rings is 2. The van der Waals surface area contributed by atoms with E-state index in [-0.39, 0.29) is 23.2 Å². The number of nitrogens with zero attached hydrogens (tertiary/aromatic N) is 5. The first kappa shape index (κ1) is 20.8. The Morgan fingerprint density at radius 2 is 2.10 bits per heavy atom. The maximum absolute atomic E-state index is 13.1. The molecule has 0 N–H and O–H groups in total. The molecule has 1 aliphatic heterocycles. The fourth-order valence-corrected chi connectivity index (χ4v) is 3.79. The number of thioether (sulfide) groups is 1. The molecule has 1 aliphatic rings. The molecule has 0 fully saturated rings. The van der Waals surface area contributed by atoms with E-state index in [1.807, 2.05) is 24.3 Å². The van der Waals surface area contributed by atoms with Crippen LogP contribution in [0.1, 0.15) is 5.56 Å². The second-order valence-electron chi connectivity index (χ2n) is 6.46. The van der Waals surface area contributed by atoms with Gasteiger partial charge in [-0.1, -0.05) is 58.4 Å². The first-order valence-electron chi connectivity index (χ1n) is 9.15. The predicted molar refractivity (Wildman–Crippen MR) is 118 cm³/mol. The monoisotopic (exact) mass is 453 g/mol. The highest BCUT2D eigenvalue weighted by Crippen LogP contribution is 2.29. The summed E-state index contributed by atoms with van der Waals surface area (Å²) < 4.78 is 6.31. The minimum absolute atomic E-state index is 0.0235. The van der Waals surface area contributed by atoms with Crippen molar-refractivity contribution >= 4 is 58.0 Å². The number of aromatic nitrogens is 2. The fourth-order valence-electron chi connectivity index (χ4n) is 2.80. The molecule has 8 nitrogen and oxygen atoms in total. The van der Waals surface area contributed by atoms with Crippen LogP contribution >= 0.6 is 23.4 Å². The number of anilines is 1. The van der Waals surface area contributed by atoms with E-state index in [1.54, 1.807) is 43.5 Å². The molecule has 0 radical (unpaired) electrons. The molecule has 0 atom stereocenters. The molecule has 4 rings (SSSR count). The minimum Gasteiger partial charge on any atom is -0.861 e. The van der Waals surface area contributed by atoms with Gasteiger partial charge in [0.05, 0.1) is 5.69 Å². The molecular formula is C21H16ClN5O3S. The van der Waals surface area contributed by atoms with Gasteiger partial charge in [-0.05, 0) is 41.8 Å². The number of hydrogen-bond donors (Lipinski definition) is 0. The Bertz CT molecular complexity index is 1210. The summed E-state index contributed by atoms with van der Waals surface area (Å²) >= 11 is 7.16. The molecule has 31 heavy (non-hydrogen) atoms. The van der Waals surface area contributed by atoms with Crippen LogP contribution in [-0.4, -0.2) is 28.0 Å². The van der Waals surface area contributed by atoms with Crippen molar-refractivity contribution in [1.82, 2.24) is 5.27 Å². The Morgan fingerprint density at radius 3 is 2.81 bits per heavy atom. The number of carbonyl (C=O) groups excluding carboxylic acids is 1. The van der Waals surface area contributed by atoms with Crippen molar-refractivity contribution in [3.05, 3.63) is 77.1 Å². The topological polar surface area (TPSA) is 98.0 Å². The number of aryl methyl sites for hydroxylation is 1. The van der Waals surface area contributed by atoms with Crippen molar-refractivity contribution in [1.29, 1.82) is 0 Å². The van der Waals surface area contributed by atoms with Crippen molar-refractivity contribution in [3.63, 3.8) is 0 Å². The Hall–Kier alpha value is -3.43. The third-order valence-electron chi connectivity index (χ3n) is 4.12. The number of rotatable bonds is 5. The van der Waals surface area contributed by atoms with Crippen molar-refractivity contribution in [2.45, 2.75) is 0 Å². The smallest absolute Gasteiger partial charge is 0.320 e. The van der Waals surface area contributed by atoms with E-state index >= 15 is 0 Å². The molecule has 1 aromatic heterocycles. The molecule has 0 saturated heterocycles. The zero-order chi connectivity index (χ0) is 21.8. The Kier molecular flexibility index (Phi) is 6.15. The quantitative estimate of drug-likeness (QED) is 0.256. The van der Waals surface area contributed by atoms with Crippen LogP contribution in [0.2, 0.25) is 5.02 Å². The number of amides is 1. The van der Waals surface area contributed by atoms with Crippen LogP contribution in [-0.2, 0) is 11.8 Å². The third-order valence-corrected chi connectivity index (χ3v) is 5.27. The maximum Gasteiger partial charge on any atom is 0.320 e. The van der Waals surface area contributed by atoms with Crippen LogP contribution < -0.4 is 14.7 Å². The summed E-state index contributed by atoms with van der Waals surface area (Å²) in [6.45, 7) is 0. The van der Waals surface area contributed by atoms with Crippen molar-refractivity contribution < 1.29 is 19.1 Å². The standard InChI is InChI=1S/C21H16ClN5O3S/c1-26-12-19(30-25-26)24-18(28)13-31-21-23-17(11-14-6-5-7-15(22)10-14)20(29)27(21)16-8-3-2-4-9-16/h2-12H,13H2,1H3/b17-11+. The van der Waals surface area contributed by atoms with Crippen molar-refractivity contribution in [3.8, 4) is 0 Å². The average molecular weight is 454 g/mol. The number of hydrogen-bond acceptors (Lipinski definition) is 7. The van der Waals surface area contributed by atoms with E-state index in [9.17, 15) is 9.90 Å². The van der Waals surface area contributed by atoms with Gasteiger partial charge in [-0.2, -0.15) is 0 Å². The van der Waals surface area contributed by atoms with E-state index in [1.165, 1.54) is 15.8 Å². The molecule has 1 amide bonds. The number of halogens is 1. The normalized spacial score (nSPS) is 15.6. The highest BCUT2D eigenvalue weighted by Gasteiger charge is 2.31. The molecule has 0 aliphatic carbocycles. The Morgan fingerprint density at radius 1 is 1.29 bits per heavy atom. The lowest BCUT2D eigenvalue weighted by atomic mass is 10.2. The second kappa shape index (κ2) is 9.15. The SMILES string of the molecule is C[n+]1cc(/N=C(\[O-])CSC2=N/C(=C/c3cccc(Cl)c3)C(=O)N2c2ccccc2)on1. The van der Waals surface area contributed by atoms with Crippen molar-refractivity contribution in [2.24, 2.45) is 17.0 Å². The average Bonchev–Trinajstić information content (AvgIpc) is 3.29. The molecule has 2 heterocycles. The summed E-state index contributed by atoms with van der Waals surface area (Å²) in [4.78, 5) is 22.9. The third kappa shape index (κ3) is 5.01. The number of para-hydroxylation sites is 1. The van der Waals surface area contributed by atoms with E-state index < -0.39 is 5.90 Å². The van der Waals surface area contributed by atoms with E-state index in [4.69, 9.17) is 16.1 Å². The van der Waals surface area contributed by atoms with Crippen LogP contribution in [0.25, 0.3) is 6.08 Å². The van der Waals surface area contributed by atoms with Crippen LogP contribution in [0, 0.1) is 0 Å². The van der Waals surface area contributed by atoms with Crippen LogP contribution in [0.15, 0.2) is 81.0 Å². The largest absolute Gasteiger partial charge is 0.861 e. The lowest BCUT2D eigenvalue weighted by Crippen LogP contribution is -2.31. The molecule has 156 valence electrons. The van der Waals surface area contributed by atoms with Crippen LogP contribution in [0.4, 0.5) is 11.6 Å². The maximum atomic E-state index is 13.1. The van der Waals surface area contributed by atoms with Gasteiger partial charge >= 0.3 is 5.88 Å². The molecule has 0 bridgehead atoms. The highest BCUT2D eigenvalue weighted by atomic mass is 35.5. The lowest BCUT2D eigenvalue weighted by molar-refractivity contribution is -0.739. The van der Waals surface area contributed by atoms with Gasteiger partial charge in [0.1, 0.15) is 5.70 Å². The van der Waals surface area contributed by atoms with Crippen LogP contribution in [0.3, 0.4) is 0 Å². The summed E-state index contributed by atoms with van der Waals surface area (Å²) in [6, 6.07) is 16.2. The van der Waals surface area contributed by atoms with E-state index in [0.717, 1.165) is 17.3 Å². The molecule has 2 aromatic carbocycles. The number of aliphatic imine (C=N–C) groups is 2. The number of carbonyl (C=O) groups is 1. The molecular weight excluding hydrogens is 438 g/mol.